The highest BCUT2D eigenvalue weighted by atomic mass is 16.6. The van der Waals surface area contributed by atoms with E-state index >= 15 is 0 Å². The largest absolute Gasteiger partial charge is 0.373 e. The maximum absolute atomic E-state index is 12.8. The Morgan fingerprint density at radius 1 is 1.27 bits per heavy atom. The minimum absolute atomic E-state index is 0.0716. The molecule has 7 nitrogen and oxygen atoms in total. The molecule has 0 saturated carbocycles. The molecule has 2 amide bonds. The fourth-order valence-electron chi connectivity index (χ4n) is 4.07. The zero-order valence-electron chi connectivity index (χ0n) is 11.9. The lowest BCUT2D eigenvalue weighted by molar-refractivity contribution is -0.384. The van der Waals surface area contributed by atoms with Crippen molar-refractivity contribution < 1.29 is 19.2 Å². The van der Waals surface area contributed by atoms with Gasteiger partial charge in [-0.2, -0.15) is 0 Å². The van der Waals surface area contributed by atoms with Crippen LogP contribution in [0.4, 0.5) is 11.4 Å². The van der Waals surface area contributed by atoms with Gasteiger partial charge in [-0.25, -0.2) is 4.90 Å². The summed E-state index contributed by atoms with van der Waals surface area (Å²) in [4.78, 5) is 36.9. The number of anilines is 1. The lowest BCUT2D eigenvalue weighted by Crippen LogP contribution is -2.41. The Labute approximate surface area is 126 Å². The number of benzene rings is 1. The number of rotatable bonds is 2. The molecule has 3 fully saturated rings. The van der Waals surface area contributed by atoms with Crippen molar-refractivity contribution in [2.45, 2.75) is 32.0 Å². The van der Waals surface area contributed by atoms with Crippen molar-refractivity contribution in [3.8, 4) is 0 Å². The summed E-state index contributed by atoms with van der Waals surface area (Å²) in [5, 5.41) is 10.7. The molecule has 3 aliphatic heterocycles. The molecular weight excluding hydrogens is 288 g/mol. The van der Waals surface area contributed by atoms with Gasteiger partial charge in [0, 0.05) is 12.1 Å². The van der Waals surface area contributed by atoms with E-state index in [1.165, 1.54) is 29.2 Å². The first-order chi connectivity index (χ1) is 10.4. The van der Waals surface area contributed by atoms with Gasteiger partial charge in [-0.05, 0) is 31.9 Å². The number of imide groups is 1. The molecule has 4 atom stereocenters. The van der Waals surface area contributed by atoms with Crippen LogP contribution in [0.25, 0.3) is 0 Å². The number of carbonyl (C=O) groups is 2. The van der Waals surface area contributed by atoms with Crippen LogP contribution in [0.15, 0.2) is 24.3 Å². The Kier molecular flexibility index (Phi) is 2.51. The van der Waals surface area contributed by atoms with Gasteiger partial charge in [0.15, 0.2) is 0 Å². The number of ether oxygens (including phenoxy) is 1. The third-order valence-electron chi connectivity index (χ3n) is 5.21. The maximum atomic E-state index is 12.8. The van der Waals surface area contributed by atoms with E-state index in [-0.39, 0.29) is 29.7 Å². The van der Waals surface area contributed by atoms with Gasteiger partial charge in [0.1, 0.15) is 0 Å². The average molecular weight is 302 g/mol. The van der Waals surface area contributed by atoms with Crippen molar-refractivity contribution in [2.75, 3.05) is 4.90 Å². The van der Waals surface area contributed by atoms with Gasteiger partial charge < -0.3 is 4.74 Å². The predicted octanol–water partition coefficient (Wildman–Crippen LogP) is 1.65. The van der Waals surface area contributed by atoms with Crippen molar-refractivity contribution in [2.24, 2.45) is 11.3 Å². The van der Waals surface area contributed by atoms with Crippen LogP contribution in [-0.2, 0) is 14.3 Å². The molecule has 0 spiro atoms. The number of hydrogen-bond acceptors (Lipinski definition) is 5. The molecule has 4 rings (SSSR count). The molecule has 2 bridgehead atoms. The molecule has 22 heavy (non-hydrogen) atoms. The second kappa shape index (κ2) is 4.13. The standard InChI is InChI=1S/C15H14N2O5/c1-15-11-7-6-10(22-11)12(15)13(18)16(14(15)19)8-2-4-9(5-3-8)17(20)21/h2-5,10-12H,6-7H2,1H3/t10-,11+,12+,15+/m1/s1. The van der Waals surface area contributed by atoms with E-state index < -0.39 is 16.3 Å². The van der Waals surface area contributed by atoms with Crippen LogP contribution in [0, 0.1) is 21.4 Å². The summed E-state index contributed by atoms with van der Waals surface area (Å²) in [6.07, 6.45) is 1.21. The highest BCUT2D eigenvalue weighted by molar-refractivity contribution is 6.24. The van der Waals surface area contributed by atoms with E-state index in [1.807, 2.05) is 0 Å². The van der Waals surface area contributed by atoms with Crippen molar-refractivity contribution in [1.29, 1.82) is 0 Å². The van der Waals surface area contributed by atoms with Gasteiger partial charge in [-0.1, -0.05) is 0 Å². The normalized spacial score (nSPS) is 36.0. The SMILES string of the molecule is C[C@@]12C(=O)N(c3ccc([N+](=O)[O-])cc3)C(=O)[C@@H]1[C@H]1CC[C@@H]2O1. The molecule has 1 aromatic rings. The first-order valence-electron chi connectivity index (χ1n) is 7.23. The molecule has 0 unspecified atom stereocenters. The maximum Gasteiger partial charge on any atom is 0.269 e. The second-order valence-electron chi connectivity index (χ2n) is 6.25. The van der Waals surface area contributed by atoms with Crippen molar-refractivity contribution in [3.63, 3.8) is 0 Å². The Morgan fingerprint density at radius 2 is 1.95 bits per heavy atom. The van der Waals surface area contributed by atoms with Crippen LogP contribution in [0.2, 0.25) is 0 Å². The molecule has 0 aliphatic carbocycles. The van der Waals surface area contributed by atoms with Gasteiger partial charge in [0.05, 0.1) is 34.2 Å². The number of nitro benzene ring substituents is 1. The van der Waals surface area contributed by atoms with Crippen LogP contribution in [0.1, 0.15) is 19.8 Å². The summed E-state index contributed by atoms with van der Waals surface area (Å²) in [5.41, 5.74) is -0.491. The summed E-state index contributed by atoms with van der Waals surface area (Å²) >= 11 is 0. The molecule has 0 aromatic heterocycles. The van der Waals surface area contributed by atoms with Gasteiger partial charge in [-0.3, -0.25) is 19.7 Å². The Bertz CT molecular complexity index is 700. The number of carbonyl (C=O) groups excluding carboxylic acids is 2. The lowest BCUT2D eigenvalue weighted by Gasteiger charge is -2.28. The van der Waals surface area contributed by atoms with E-state index in [0.29, 0.717) is 5.69 Å². The first-order valence-corrected chi connectivity index (χ1v) is 7.23. The molecule has 3 heterocycles. The Balaban J connectivity index is 1.73. The zero-order valence-corrected chi connectivity index (χ0v) is 11.9. The predicted molar refractivity (Wildman–Crippen MR) is 75.1 cm³/mol. The number of fused-ring (bicyclic) bond motifs is 5. The zero-order chi connectivity index (χ0) is 15.6. The summed E-state index contributed by atoms with van der Waals surface area (Å²) in [5.74, 6) is -0.953. The van der Waals surface area contributed by atoms with E-state index in [4.69, 9.17) is 4.74 Å². The van der Waals surface area contributed by atoms with Crippen molar-refractivity contribution >= 4 is 23.2 Å². The van der Waals surface area contributed by atoms with Gasteiger partial charge >= 0.3 is 0 Å². The van der Waals surface area contributed by atoms with Gasteiger partial charge in [0.25, 0.3) is 5.69 Å². The molecule has 7 heteroatoms. The van der Waals surface area contributed by atoms with Crippen LogP contribution in [-0.4, -0.2) is 28.9 Å². The minimum Gasteiger partial charge on any atom is -0.373 e. The third kappa shape index (κ3) is 1.44. The van der Waals surface area contributed by atoms with Gasteiger partial charge in [-0.15, -0.1) is 0 Å². The minimum atomic E-state index is -0.804. The Morgan fingerprint density at radius 3 is 2.55 bits per heavy atom. The molecule has 114 valence electrons. The van der Waals surface area contributed by atoms with E-state index in [9.17, 15) is 19.7 Å². The highest BCUT2D eigenvalue weighted by Crippen LogP contribution is 2.57. The number of amides is 2. The van der Waals surface area contributed by atoms with Crippen LogP contribution < -0.4 is 4.90 Å². The molecular formula is C15H14N2O5. The van der Waals surface area contributed by atoms with Crippen molar-refractivity contribution in [1.82, 2.24) is 0 Å². The molecule has 0 N–H and O–H groups in total. The molecule has 3 saturated heterocycles. The summed E-state index contributed by atoms with van der Waals surface area (Å²) in [6.45, 7) is 1.80. The van der Waals surface area contributed by atoms with Crippen molar-refractivity contribution in [3.05, 3.63) is 34.4 Å². The Hall–Kier alpha value is -2.28. The lowest BCUT2D eigenvalue weighted by atomic mass is 9.69. The smallest absolute Gasteiger partial charge is 0.269 e. The highest BCUT2D eigenvalue weighted by Gasteiger charge is 2.70. The molecule has 0 radical (unpaired) electrons. The number of nitrogens with zero attached hydrogens (tertiary/aromatic N) is 2. The quantitative estimate of drug-likeness (QED) is 0.471. The number of hydrogen-bond donors (Lipinski definition) is 0. The van der Waals surface area contributed by atoms with Crippen LogP contribution in [0.3, 0.4) is 0 Å². The second-order valence-corrected chi connectivity index (χ2v) is 6.25. The third-order valence-corrected chi connectivity index (χ3v) is 5.21. The summed E-state index contributed by atoms with van der Waals surface area (Å²) < 4.78 is 5.76. The van der Waals surface area contributed by atoms with E-state index in [0.717, 1.165) is 12.8 Å². The average Bonchev–Trinajstić information content (AvgIpc) is 3.12. The fraction of sp³-hybridized carbons (Fsp3) is 0.467. The first kappa shape index (κ1) is 13.4. The number of non-ortho nitro benzene ring substituents is 1. The fourth-order valence-corrected chi connectivity index (χ4v) is 4.07. The number of nitro groups is 1. The molecule has 1 aromatic carbocycles. The monoisotopic (exact) mass is 302 g/mol. The summed E-state index contributed by atoms with van der Waals surface area (Å²) in [7, 11) is 0. The van der Waals surface area contributed by atoms with E-state index in [1.54, 1.807) is 6.92 Å². The van der Waals surface area contributed by atoms with Crippen LogP contribution in [0.5, 0.6) is 0 Å². The molecule has 3 aliphatic rings. The summed E-state index contributed by atoms with van der Waals surface area (Å²) in [6, 6.07) is 5.50. The van der Waals surface area contributed by atoms with Gasteiger partial charge in [0.2, 0.25) is 11.8 Å². The van der Waals surface area contributed by atoms with E-state index in [2.05, 4.69) is 0 Å². The van der Waals surface area contributed by atoms with Crippen LogP contribution >= 0.6 is 0 Å². The topological polar surface area (TPSA) is 89.8 Å².